The van der Waals surface area contributed by atoms with E-state index in [1.807, 2.05) is 19.9 Å². The molecule has 1 aromatic heterocycles. The van der Waals surface area contributed by atoms with Gasteiger partial charge in [-0.1, -0.05) is 38.1 Å². The highest BCUT2D eigenvalue weighted by atomic mass is 16.6. The molecule has 2 aromatic carbocycles. The van der Waals surface area contributed by atoms with E-state index < -0.39 is 23.0 Å². The van der Waals surface area contributed by atoms with E-state index >= 15 is 0 Å². The molecular formula is C23H22N4O4. The molecule has 5 N–H and O–H groups in total. The number of hydrogen-bond acceptors (Lipinski definition) is 6. The van der Waals surface area contributed by atoms with Gasteiger partial charge in [-0.05, 0) is 36.6 Å². The minimum absolute atomic E-state index is 0.0139. The second kappa shape index (κ2) is 5.95. The topological polar surface area (TPSA) is 133 Å². The van der Waals surface area contributed by atoms with Gasteiger partial charge in [-0.15, -0.1) is 0 Å². The first kappa shape index (κ1) is 19.3. The van der Waals surface area contributed by atoms with Crippen LogP contribution in [0.4, 0.5) is 5.69 Å². The van der Waals surface area contributed by atoms with Crippen molar-refractivity contribution < 1.29 is 19.4 Å². The highest BCUT2D eigenvalue weighted by Gasteiger charge is 2.73. The van der Waals surface area contributed by atoms with E-state index in [9.17, 15) is 14.7 Å². The summed E-state index contributed by atoms with van der Waals surface area (Å²) in [5, 5.41) is 16.5. The van der Waals surface area contributed by atoms with Gasteiger partial charge in [0, 0.05) is 16.8 Å². The fourth-order valence-electron chi connectivity index (χ4n) is 4.79. The van der Waals surface area contributed by atoms with Crippen molar-refractivity contribution >= 4 is 17.4 Å². The van der Waals surface area contributed by atoms with Crippen LogP contribution in [-0.2, 0) is 11.3 Å². The van der Waals surface area contributed by atoms with Crippen molar-refractivity contribution in [2.24, 2.45) is 5.73 Å². The maximum atomic E-state index is 14.1. The second-order valence-corrected chi connectivity index (χ2v) is 8.41. The Labute approximate surface area is 178 Å². The first-order valence-electron chi connectivity index (χ1n) is 9.99. The summed E-state index contributed by atoms with van der Waals surface area (Å²) in [6.45, 7) is 5.74. The molecular weight excluding hydrogens is 396 g/mol. The third kappa shape index (κ3) is 2.14. The molecule has 0 bridgehead atoms. The lowest BCUT2D eigenvalue weighted by molar-refractivity contribution is -0.173. The average molecular weight is 418 g/mol. The normalized spacial score (nSPS) is 23.5. The number of Topliss-reactive ketones (excluding diaryl/α,β-unsaturated/α-hetero) is 1. The zero-order valence-electron chi connectivity index (χ0n) is 17.3. The van der Waals surface area contributed by atoms with Gasteiger partial charge in [0.25, 0.3) is 11.7 Å². The number of primary amides is 1. The van der Waals surface area contributed by atoms with Crippen LogP contribution in [0.25, 0.3) is 0 Å². The maximum Gasteiger partial charge on any atom is 0.273 e. The van der Waals surface area contributed by atoms with Gasteiger partial charge >= 0.3 is 0 Å². The van der Waals surface area contributed by atoms with Crippen molar-refractivity contribution in [2.45, 2.75) is 38.0 Å². The number of nitrogens with two attached hydrogens (primary N) is 2. The molecule has 0 spiro atoms. The van der Waals surface area contributed by atoms with Gasteiger partial charge in [0.2, 0.25) is 11.3 Å². The number of hydrogen-bond donors (Lipinski definition) is 3. The molecule has 2 atom stereocenters. The summed E-state index contributed by atoms with van der Waals surface area (Å²) < 4.78 is 7.33. The summed E-state index contributed by atoms with van der Waals surface area (Å²) in [6, 6.07) is 11.7. The lowest BCUT2D eigenvalue weighted by Crippen LogP contribution is -2.55. The molecule has 31 heavy (non-hydrogen) atoms. The minimum Gasteiger partial charge on any atom is -0.454 e. The van der Waals surface area contributed by atoms with Crippen LogP contribution in [0.3, 0.4) is 0 Å². The van der Waals surface area contributed by atoms with Crippen LogP contribution in [0.1, 0.15) is 63.0 Å². The van der Waals surface area contributed by atoms with Crippen molar-refractivity contribution in [1.29, 1.82) is 0 Å². The quantitative estimate of drug-likeness (QED) is 0.558. The van der Waals surface area contributed by atoms with E-state index in [0.29, 0.717) is 17.0 Å². The van der Waals surface area contributed by atoms with Crippen molar-refractivity contribution in [2.75, 3.05) is 5.73 Å². The van der Waals surface area contributed by atoms with E-state index in [1.54, 1.807) is 37.3 Å². The predicted octanol–water partition coefficient (Wildman–Crippen LogP) is 2.17. The van der Waals surface area contributed by atoms with Crippen LogP contribution in [0.5, 0.6) is 5.75 Å². The standard InChI is InChI=1S/C23H22N4O4/c1-11(2)13-7-8-14-18(10-13)31-23(30)15-5-4-6-16(24)19(15)20(28)22(14,23)27-17(21(25)29)9-12(3)26-27/h4-11,30H,24H2,1-3H3,(H2,25,29). The number of carbonyl (C=O) groups is 2. The number of ether oxygens (including phenoxy) is 1. The van der Waals surface area contributed by atoms with Gasteiger partial charge in [-0.25, -0.2) is 4.68 Å². The van der Waals surface area contributed by atoms with Crippen LogP contribution in [0.15, 0.2) is 42.5 Å². The van der Waals surface area contributed by atoms with Gasteiger partial charge in [-0.3, -0.25) is 9.59 Å². The Kier molecular flexibility index (Phi) is 3.71. The third-order valence-corrected chi connectivity index (χ3v) is 6.23. The first-order valence-corrected chi connectivity index (χ1v) is 9.99. The molecule has 0 saturated heterocycles. The number of fused-ring (bicyclic) bond motifs is 5. The number of nitrogens with zero attached hydrogens (tertiary/aromatic N) is 2. The monoisotopic (exact) mass is 418 g/mol. The summed E-state index contributed by atoms with van der Waals surface area (Å²) >= 11 is 0. The van der Waals surface area contributed by atoms with Gasteiger partial charge in [0.15, 0.2) is 0 Å². The minimum atomic E-state index is -2.16. The third-order valence-electron chi connectivity index (χ3n) is 6.23. The number of benzene rings is 2. The fraction of sp³-hybridized carbons (Fsp3) is 0.261. The number of amides is 1. The van der Waals surface area contributed by atoms with Gasteiger partial charge in [0.1, 0.15) is 11.4 Å². The largest absolute Gasteiger partial charge is 0.454 e. The Morgan fingerprint density at radius 2 is 1.94 bits per heavy atom. The number of aliphatic hydroxyl groups is 1. The number of anilines is 1. The van der Waals surface area contributed by atoms with Crippen LogP contribution >= 0.6 is 0 Å². The second-order valence-electron chi connectivity index (χ2n) is 8.41. The van der Waals surface area contributed by atoms with Crippen LogP contribution in [-0.4, -0.2) is 26.6 Å². The predicted molar refractivity (Wildman–Crippen MR) is 113 cm³/mol. The number of ketones is 1. The van der Waals surface area contributed by atoms with Crippen molar-refractivity contribution in [3.63, 3.8) is 0 Å². The zero-order valence-corrected chi connectivity index (χ0v) is 17.3. The SMILES string of the molecule is Cc1cc(C(N)=O)n(C23C(=O)c4c(N)cccc4C2(O)Oc2cc(C(C)C)ccc23)n1. The molecule has 2 aliphatic rings. The van der Waals surface area contributed by atoms with Crippen LogP contribution in [0, 0.1) is 6.92 Å². The highest BCUT2D eigenvalue weighted by Crippen LogP contribution is 2.61. The lowest BCUT2D eigenvalue weighted by atomic mass is 9.82. The average Bonchev–Trinajstić information content (AvgIpc) is 3.28. The summed E-state index contributed by atoms with van der Waals surface area (Å²) in [6.07, 6.45) is 0. The molecule has 3 aromatic rings. The molecule has 8 nitrogen and oxygen atoms in total. The molecule has 2 unspecified atom stereocenters. The maximum absolute atomic E-state index is 14.1. The van der Waals surface area contributed by atoms with E-state index in [1.165, 1.54) is 10.7 Å². The Balaban J connectivity index is 1.92. The van der Waals surface area contributed by atoms with E-state index in [2.05, 4.69) is 5.10 Å². The number of carbonyl (C=O) groups excluding carboxylic acids is 2. The number of rotatable bonds is 3. The molecule has 2 heterocycles. The zero-order chi connectivity index (χ0) is 22.3. The van der Waals surface area contributed by atoms with Gasteiger partial charge in [0.05, 0.1) is 11.3 Å². The van der Waals surface area contributed by atoms with E-state index in [-0.39, 0.29) is 28.4 Å². The molecule has 1 aliphatic heterocycles. The summed E-state index contributed by atoms with van der Waals surface area (Å²) in [4.78, 5) is 26.3. The smallest absolute Gasteiger partial charge is 0.273 e. The number of aryl methyl sites for hydroxylation is 1. The molecule has 8 heteroatoms. The molecule has 1 aliphatic carbocycles. The van der Waals surface area contributed by atoms with Crippen molar-refractivity contribution in [3.8, 4) is 5.75 Å². The van der Waals surface area contributed by atoms with Crippen LogP contribution in [0.2, 0.25) is 0 Å². The van der Waals surface area contributed by atoms with Gasteiger partial charge in [-0.2, -0.15) is 5.10 Å². The number of nitrogen functional groups attached to an aromatic ring is 1. The summed E-state index contributed by atoms with van der Waals surface area (Å²) in [5.74, 6) is -2.90. The Morgan fingerprint density at radius 3 is 2.61 bits per heavy atom. The van der Waals surface area contributed by atoms with E-state index in [0.717, 1.165) is 5.56 Å². The van der Waals surface area contributed by atoms with Gasteiger partial charge < -0.3 is 21.3 Å². The summed E-state index contributed by atoms with van der Waals surface area (Å²) in [5.41, 5.74) is 12.3. The molecule has 0 saturated carbocycles. The Bertz CT molecular complexity index is 1290. The Morgan fingerprint density at radius 1 is 1.19 bits per heavy atom. The fourth-order valence-corrected chi connectivity index (χ4v) is 4.79. The van der Waals surface area contributed by atoms with Crippen molar-refractivity contribution in [1.82, 2.24) is 9.78 Å². The highest BCUT2D eigenvalue weighted by molar-refractivity contribution is 6.14. The first-order chi connectivity index (χ1) is 14.6. The molecule has 0 fully saturated rings. The van der Waals surface area contributed by atoms with Crippen LogP contribution < -0.4 is 16.2 Å². The van der Waals surface area contributed by atoms with Crippen molar-refractivity contribution in [3.05, 3.63) is 76.1 Å². The molecule has 0 radical (unpaired) electrons. The molecule has 158 valence electrons. The molecule has 5 rings (SSSR count). The Hall–Kier alpha value is -3.65. The summed E-state index contributed by atoms with van der Waals surface area (Å²) in [7, 11) is 0. The number of aromatic nitrogens is 2. The lowest BCUT2D eigenvalue weighted by Gasteiger charge is -2.34. The molecule has 1 amide bonds. The van der Waals surface area contributed by atoms with E-state index in [4.69, 9.17) is 16.2 Å².